The molecule has 0 aliphatic carbocycles. The maximum atomic E-state index is 11.1. The average molecular weight is 273 g/mol. The molecule has 0 saturated carbocycles. The van der Waals surface area contributed by atoms with Gasteiger partial charge in [0.1, 0.15) is 0 Å². The first-order valence-corrected chi connectivity index (χ1v) is 7.98. The molecule has 0 amide bonds. The van der Waals surface area contributed by atoms with Crippen molar-refractivity contribution in [1.29, 1.82) is 0 Å². The molecule has 0 rings (SSSR count). The van der Waals surface area contributed by atoms with Crippen molar-refractivity contribution in [3.05, 3.63) is 0 Å². The first-order chi connectivity index (χ1) is 6.89. The smallest absolute Gasteiger partial charge is 0.267 e. The molecule has 4 unspecified atom stereocenters. The normalized spacial score (nSPS) is 21.1. The Hall–Kier alpha value is -0.180. The van der Waals surface area contributed by atoms with E-state index in [9.17, 15) is 16.8 Å². The SMILES string of the molecule is CC(C(C)C(C)S(=O)(=O)O)C(C)S(N)(=O)=O. The van der Waals surface area contributed by atoms with Crippen molar-refractivity contribution in [3.8, 4) is 0 Å². The number of rotatable bonds is 5. The third-order valence-electron chi connectivity index (χ3n) is 3.30. The third-order valence-corrected chi connectivity index (χ3v) is 6.13. The van der Waals surface area contributed by atoms with Crippen LogP contribution in [0.15, 0.2) is 0 Å². The minimum atomic E-state index is -4.16. The molecular formula is C8H19NO5S2. The van der Waals surface area contributed by atoms with Gasteiger partial charge in [-0.25, -0.2) is 13.6 Å². The summed E-state index contributed by atoms with van der Waals surface area (Å²) in [5.74, 6) is -0.977. The molecule has 0 aromatic rings. The van der Waals surface area contributed by atoms with Gasteiger partial charge in [-0.15, -0.1) is 0 Å². The van der Waals surface area contributed by atoms with Crippen LogP contribution >= 0.6 is 0 Å². The van der Waals surface area contributed by atoms with Crippen LogP contribution in [0.2, 0.25) is 0 Å². The van der Waals surface area contributed by atoms with E-state index in [1.807, 2.05) is 0 Å². The maximum Gasteiger partial charge on any atom is 0.267 e. The van der Waals surface area contributed by atoms with Gasteiger partial charge in [-0.3, -0.25) is 4.55 Å². The molecule has 0 aromatic heterocycles. The lowest BCUT2D eigenvalue weighted by atomic mass is 9.91. The largest absolute Gasteiger partial charge is 0.285 e. The van der Waals surface area contributed by atoms with Crippen LogP contribution in [0.25, 0.3) is 0 Å². The third kappa shape index (κ3) is 4.00. The van der Waals surface area contributed by atoms with Crippen molar-refractivity contribution in [2.45, 2.75) is 38.2 Å². The maximum absolute atomic E-state index is 11.1. The summed E-state index contributed by atoms with van der Waals surface area (Å²) in [4.78, 5) is 0. The quantitative estimate of drug-likeness (QED) is 0.695. The molecular weight excluding hydrogens is 254 g/mol. The van der Waals surface area contributed by atoms with Gasteiger partial charge < -0.3 is 0 Å². The molecule has 98 valence electrons. The molecule has 0 aliphatic rings. The molecule has 0 heterocycles. The van der Waals surface area contributed by atoms with E-state index in [-0.39, 0.29) is 0 Å². The lowest BCUT2D eigenvalue weighted by molar-refractivity contribution is 0.347. The lowest BCUT2D eigenvalue weighted by Gasteiger charge is -2.27. The van der Waals surface area contributed by atoms with E-state index in [0.29, 0.717) is 0 Å². The molecule has 3 N–H and O–H groups in total. The van der Waals surface area contributed by atoms with Crippen LogP contribution in [0.4, 0.5) is 0 Å². The van der Waals surface area contributed by atoms with Gasteiger partial charge in [-0.1, -0.05) is 13.8 Å². The molecule has 0 aliphatic heterocycles. The molecule has 4 atom stereocenters. The Morgan fingerprint density at radius 2 is 1.19 bits per heavy atom. The second kappa shape index (κ2) is 4.99. The van der Waals surface area contributed by atoms with Crippen molar-refractivity contribution in [2.24, 2.45) is 17.0 Å². The second-order valence-corrected chi connectivity index (χ2v) is 7.93. The Morgan fingerprint density at radius 3 is 1.44 bits per heavy atom. The van der Waals surface area contributed by atoms with E-state index in [0.717, 1.165) is 0 Å². The average Bonchev–Trinajstić information content (AvgIpc) is 2.10. The Kier molecular flexibility index (Phi) is 4.93. The fourth-order valence-electron chi connectivity index (χ4n) is 1.43. The van der Waals surface area contributed by atoms with Crippen LogP contribution in [0.1, 0.15) is 27.7 Å². The van der Waals surface area contributed by atoms with Crippen molar-refractivity contribution in [3.63, 3.8) is 0 Å². The number of hydrogen-bond donors (Lipinski definition) is 2. The standard InChI is InChI=1S/C8H19NO5S2/c1-5(7(3)15(9,10)11)6(2)8(4)16(12,13)14/h5-8H,1-4H3,(H2,9,10,11)(H,12,13,14). The van der Waals surface area contributed by atoms with Gasteiger partial charge in [0.2, 0.25) is 10.0 Å². The molecule has 0 saturated heterocycles. The van der Waals surface area contributed by atoms with Crippen LogP contribution in [-0.4, -0.2) is 31.9 Å². The van der Waals surface area contributed by atoms with Gasteiger partial charge in [-0.2, -0.15) is 8.42 Å². The minimum Gasteiger partial charge on any atom is -0.285 e. The Morgan fingerprint density at radius 1 is 0.875 bits per heavy atom. The van der Waals surface area contributed by atoms with Gasteiger partial charge in [-0.05, 0) is 25.7 Å². The van der Waals surface area contributed by atoms with Crippen LogP contribution in [0.5, 0.6) is 0 Å². The zero-order chi connectivity index (χ0) is 13.3. The molecule has 16 heavy (non-hydrogen) atoms. The van der Waals surface area contributed by atoms with Gasteiger partial charge in [0.15, 0.2) is 0 Å². The van der Waals surface area contributed by atoms with Crippen LogP contribution in [-0.2, 0) is 20.1 Å². The predicted octanol–water partition coefficient (Wildman–Crippen LogP) is 0.212. The molecule has 0 spiro atoms. The van der Waals surface area contributed by atoms with Crippen molar-refractivity contribution < 1.29 is 21.4 Å². The number of sulfonamides is 1. The highest BCUT2D eigenvalue weighted by Gasteiger charge is 2.34. The highest BCUT2D eigenvalue weighted by Crippen LogP contribution is 2.25. The van der Waals surface area contributed by atoms with Crippen LogP contribution in [0, 0.1) is 11.8 Å². The second-order valence-electron chi connectivity index (χ2n) is 4.23. The fraction of sp³-hybridized carbons (Fsp3) is 1.00. The Bertz CT molecular complexity index is 385. The first-order valence-electron chi connectivity index (χ1n) is 4.87. The minimum absolute atomic E-state index is 0.466. The summed E-state index contributed by atoms with van der Waals surface area (Å²) in [7, 11) is -7.86. The monoisotopic (exact) mass is 273 g/mol. The van der Waals surface area contributed by atoms with Gasteiger partial charge >= 0.3 is 0 Å². The van der Waals surface area contributed by atoms with E-state index in [2.05, 4.69) is 0 Å². The topological polar surface area (TPSA) is 115 Å². The molecule has 0 aromatic carbocycles. The summed E-state index contributed by atoms with van der Waals surface area (Å²) in [5, 5.41) is 3.11. The van der Waals surface area contributed by atoms with E-state index in [4.69, 9.17) is 9.69 Å². The Balaban J connectivity index is 4.96. The molecule has 0 radical (unpaired) electrons. The van der Waals surface area contributed by atoms with E-state index in [1.165, 1.54) is 13.8 Å². The van der Waals surface area contributed by atoms with Crippen molar-refractivity contribution in [2.75, 3.05) is 0 Å². The number of primary sulfonamides is 1. The first kappa shape index (κ1) is 15.8. The molecule has 0 fully saturated rings. The summed E-state index contributed by atoms with van der Waals surface area (Å²) in [6.07, 6.45) is 0. The van der Waals surface area contributed by atoms with E-state index in [1.54, 1.807) is 13.8 Å². The van der Waals surface area contributed by atoms with E-state index >= 15 is 0 Å². The van der Waals surface area contributed by atoms with Crippen molar-refractivity contribution >= 4 is 20.1 Å². The highest BCUT2D eigenvalue weighted by atomic mass is 32.2. The highest BCUT2D eigenvalue weighted by molar-refractivity contribution is 7.89. The summed E-state index contributed by atoms with van der Waals surface area (Å²) >= 11 is 0. The summed E-state index contributed by atoms with van der Waals surface area (Å²) < 4.78 is 53.0. The molecule has 0 bridgehead atoms. The van der Waals surface area contributed by atoms with Crippen molar-refractivity contribution in [1.82, 2.24) is 0 Å². The summed E-state index contributed by atoms with van der Waals surface area (Å²) in [6, 6.07) is 0. The van der Waals surface area contributed by atoms with E-state index < -0.39 is 42.5 Å². The van der Waals surface area contributed by atoms with Gasteiger partial charge in [0.05, 0.1) is 10.5 Å². The summed E-state index contributed by atoms with van der Waals surface area (Å²) in [6.45, 7) is 5.94. The summed E-state index contributed by atoms with van der Waals surface area (Å²) in [5.41, 5.74) is 0. The molecule has 8 heteroatoms. The number of hydrogen-bond acceptors (Lipinski definition) is 4. The zero-order valence-electron chi connectivity index (χ0n) is 9.78. The van der Waals surface area contributed by atoms with Gasteiger partial charge in [0.25, 0.3) is 10.1 Å². The lowest BCUT2D eigenvalue weighted by Crippen LogP contribution is -2.39. The fourth-order valence-corrected chi connectivity index (χ4v) is 3.06. The Labute approximate surface area is 97.0 Å². The zero-order valence-corrected chi connectivity index (χ0v) is 11.4. The van der Waals surface area contributed by atoms with Crippen LogP contribution in [0.3, 0.4) is 0 Å². The van der Waals surface area contributed by atoms with Crippen LogP contribution < -0.4 is 5.14 Å². The number of nitrogens with two attached hydrogens (primary N) is 1. The van der Waals surface area contributed by atoms with Gasteiger partial charge in [0, 0.05) is 0 Å². The molecule has 6 nitrogen and oxygen atoms in total. The predicted molar refractivity (Wildman–Crippen MR) is 61.9 cm³/mol.